The van der Waals surface area contributed by atoms with Gasteiger partial charge in [0.2, 0.25) is 0 Å². The van der Waals surface area contributed by atoms with Crippen LogP contribution >= 0.6 is 0 Å². The predicted octanol–water partition coefficient (Wildman–Crippen LogP) is 2.61. The summed E-state index contributed by atoms with van der Waals surface area (Å²) in [5.74, 6) is -1.32. The van der Waals surface area contributed by atoms with E-state index in [0.29, 0.717) is 5.56 Å². The number of carbonyl (C=O) groups is 2. The molecule has 0 amide bonds. The normalized spacial score (nSPS) is 11.7. The van der Waals surface area contributed by atoms with E-state index in [9.17, 15) is 9.59 Å². The van der Waals surface area contributed by atoms with Crippen molar-refractivity contribution in [3.63, 3.8) is 0 Å². The number of esters is 1. The van der Waals surface area contributed by atoms with Crippen molar-refractivity contribution < 1.29 is 19.4 Å². The van der Waals surface area contributed by atoms with Crippen molar-refractivity contribution >= 4 is 11.9 Å². The van der Waals surface area contributed by atoms with Gasteiger partial charge < -0.3 is 15.6 Å². The third kappa shape index (κ3) is 3.71. The fourth-order valence-corrected chi connectivity index (χ4v) is 2.17. The summed E-state index contributed by atoms with van der Waals surface area (Å²) in [6.07, 6.45) is -0.120. The SMILES string of the molecule is COC(=O)c1ccc(-c2cccc(C(N)CC(=O)O)c2)cc1. The molecule has 5 heteroatoms. The molecule has 0 saturated carbocycles. The van der Waals surface area contributed by atoms with Crippen molar-refractivity contribution in [1.82, 2.24) is 0 Å². The lowest BCUT2D eigenvalue weighted by atomic mass is 9.98. The van der Waals surface area contributed by atoms with Gasteiger partial charge >= 0.3 is 11.9 Å². The molecule has 0 aliphatic carbocycles. The summed E-state index contributed by atoms with van der Waals surface area (Å²) in [6.45, 7) is 0. The Balaban J connectivity index is 2.25. The van der Waals surface area contributed by atoms with Gasteiger partial charge in [0.15, 0.2) is 0 Å². The molecule has 2 rings (SSSR count). The van der Waals surface area contributed by atoms with Crippen LogP contribution < -0.4 is 5.73 Å². The molecular formula is C17H17NO4. The maximum atomic E-state index is 11.4. The number of nitrogens with two attached hydrogens (primary N) is 1. The van der Waals surface area contributed by atoms with Crippen molar-refractivity contribution in [3.05, 3.63) is 59.7 Å². The lowest BCUT2D eigenvalue weighted by molar-refractivity contribution is -0.137. The summed E-state index contributed by atoms with van der Waals surface area (Å²) in [6, 6.07) is 13.9. The quantitative estimate of drug-likeness (QED) is 0.828. The van der Waals surface area contributed by atoms with Crippen molar-refractivity contribution in [2.75, 3.05) is 7.11 Å². The van der Waals surface area contributed by atoms with Gasteiger partial charge in [-0.05, 0) is 34.9 Å². The second-order valence-electron chi connectivity index (χ2n) is 4.90. The molecule has 0 heterocycles. The third-order valence-corrected chi connectivity index (χ3v) is 3.35. The number of aliphatic carboxylic acids is 1. The lowest BCUT2D eigenvalue weighted by Crippen LogP contribution is -2.14. The van der Waals surface area contributed by atoms with Crippen LogP contribution in [-0.2, 0) is 9.53 Å². The predicted molar refractivity (Wildman–Crippen MR) is 82.4 cm³/mol. The highest BCUT2D eigenvalue weighted by Gasteiger charge is 2.11. The maximum Gasteiger partial charge on any atom is 0.337 e. The molecule has 0 bridgehead atoms. The van der Waals surface area contributed by atoms with Gasteiger partial charge in [-0.15, -0.1) is 0 Å². The fourth-order valence-electron chi connectivity index (χ4n) is 2.17. The molecule has 2 aromatic rings. The van der Waals surface area contributed by atoms with Crippen molar-refractivity contribution in [2.45, 2.75) is 12.5 Å². The molecule has 0 fully saturated rings. The summed E-state index contributed by atoms with van der Waals surface area (Å²) in [4.78, 5) is 22.2. The van der Waals surface area contributed by atoms with E-state index in [-0.39, 0.29) is 12.4 Å². The number of hydrogen-bond acceptors (Lipinski definition) is 4. The lowest BCUT2D eigenvalue weighted by Gasteiger charge is -2.11. The Kier molecular flexibility index (Phi) is 4.91. The number of carbonyl (C=O) groups excluding carboxylic acids is 1. The summed E-state index contributed by atoms with van der Waals surface area (Å²) in [5, 5.41) is 8.81. The molecule has 0 saturated heterocycles. The second-order valence-corrected chi connectivity index (χ2v) is 4.90. The summed E-state index contributed by atoms with van der Waals surface area (Å²) in [7, 11) is 1.34. The van der Waals surface area contributed by atoms with E-state index in [1.165, 1.54) is 7.11 Å². The molecule has 1 atom stereocenters. The van der Waals surface area contributed by atoms with Crippen LogP contribution in [0.3, 0.4) is 0 Å². The topological polar surface area (TPSA) is 89.6 Å². The van der Waals surface area contributed by atoms with Crippen LogP contribution in [0.5, 0.6) is 0 Å². The van der Waals surface area contributed by atoms with Gasteiger partial charge in [-0.25, -0.2) is 4.79 Å². The molecule has 5 nitrogen and oxygen atoms in total. The molecule has 3 N–H and O–H groups in total. The van der Waals surface area contributed by atoms with Gasteiger partial charge in [-0.3, -0.25) is 4.79 Å². The first-order chi connectivity index (χ1) is 10.5. The minimum atomic E-state index is -0.930. The average Bonchev–Trinajstić information content (AvgIpc) is 2.54. The zero-order valence-electron chi connectivity index (χ0n) is 12.2. The average molecular weight is 299 g/mol. The number of methoxy groups -OCH3 is 1. The highest BCUT2D eigenvalue weighted by atomic mass is 16.5. The number of carboxylic acid groups (broad SMARTS) is 1. The molecule has 0 aromatic heterocycles. The Bertz CT molecular complexity index is 679. The van der Waals surface area contributed by atoms with Crippen LogP contribution in [0.1, 0.15) is 28.4 Å². The fraction of sp³-hybridized carbons (Fsp3) is 0.176. The molecule has 0 aliphatic heterocycles. The Morgan fingerprint density at radius 2 is 1.82 bits per heavy atom. The first kappa shape index (κ1) is 15.7. The largest absolute Gasteiger partial charge is 0.481 e. The van der Waals surface area contributed by atoms with Crippen LogP contribution in [0.25, 0.3) is 11.1 Å². The van der Waals surface area contributed by atoms with Crippen molar-refractivity contribution in [1.29, 1.82) is 0 Å². The van der Waals surface area contributed by atoms with E-state index in [0.717, 1.165) is 16.7 Å². The number of rotatable bonds is 5. The van der Waals surface area contributed by atoms with Crippen LogP contribution in [-0.4, -0.2) is 24.2 Å². The Labute approximate surface area is 128 Å². The molecule has 2 aromatic carbocycles. The monoisotopic (exact) mass is 299 g/mol. The zero-order chi connectivity index (χ0) is 16.1. The van der Waals surface area contributed by atoms with Crippen LogP contribution in [0.2, 0.25) is 0 Å². The Morgan fingerprint density at radius 3 is 2.41 bits per heavy atom. The standard InChI is InChI=1S/C17H17NO4/c1-22-17(21)12-7-5-11(6-8-12)13-3-2-4-14(9-13)15(18)10-16(19)20/h2-9,15H,10,18H2,1H3,(H,19,20). The zero-order valence-corrected chi connectivity index (χ0v) is 12.2. The van der Waals surface area contributed by atoms with E-state index < -0.39 is 12.0 Å². The van der Waals surface area contributed by atoms with Crippen LogP contribution in [0.15, 0.2) is 48.5 Å². The maximum absolute atomic E-state index is 11.4. The van der Waals surface area contributed by atoms with Gasteiger partial charge in [0.05, 0.1) is 19.1 Å². The molecule has 0 radical (unpaired) electrons. The van der Waals surface area contributed by atoms with E-state index in [4.69, 9.17) is 10.8 Å². The highest BCUT2D eigenvalue weighted by Crippen LogP contribution is 2.24. The molecule has 22 heavy (non-hydrogen) atoms. The Hall–Kier alpha value is -2.66. The van der Waals surface area contributed by atoms with Crippen LogP contribution in [0, 0.1) is 0 Å². The molecule has 0 spiro atoms. The van der Waals surface area contributed by atoms with Gasteiger partial charge in [-0.2, -0.15) is 0 Å². The van der Waals surface area contributed by atoms with Gasteiger partial charge in [-0.1, -0.05) is 30.3 Å². The van der Waals surface area contributed by atoms with E-state index in [2.05, 4.69) is 4.74 Å². The van der Waals surface area contributed by atoms with Gasteiger partial charge in [0.1, 0.15) is 0 Å². The van der Waals surface area contributed by atoms with E-state index >= 15 is 0 Å². The molecule has 0 aliphatic rings. The molecule has 1 unspecified atom stereocenters. The molecule has 114 valence electrons. The number of ether oxygens (including phenoxy) is 1. The molecular weight excluding hydrogens is 282 g/mol. The smallest absolute Gasteiger partial charge is 0.337 e. The Morgan fingerprint density at radius 1 is 1.14 bits per heavy atom. The van der Waals surface area contributed by atoms with Crippen molar-refractivity contribution in [2.24, 2.45) is 5.73 Å². The second kappa shape index (κ2) is 6.87. The van der Waals surface area contributed by atoms with Crippen LogP contribution in [0.4, 0.5) is 0 Å². The van der Waals surface area contributed by atoms with Gasteiger partial charge in [0, 0.05) is 6.04 Å². The van der Waals surface area contributed by atoms with E-state index in [1.54, 1.807) is 18.2 Å². The third-order valence-electron chi connectivity index (χ3n) is 3.35. The first-order valence-electron chi connectivity index (χ1n) is 6.77. The summed E-state index contributed by atoms with van der Waals surface area (Å²) >= 11 is 0. The first-order valence-corrected chi connectivity index (χ1v) is 6.77. The summed E-state index contributed by atoms with van der Waals surface area (Å²) < 4.78 is 4.66. The number of carboxylic acids is 1. The minimum Gasteiger partial charge on any atom is -0.481 e. The number of hydrogen-bond donors (Lipinski definition) is 2. The van der Waals surface area contributed by atoms with Gasteiger partial charge in [0.25, 0.3) is 0 Å². The summed E-state index contributed by atoms with van der Waals surface area (Å²) in [5.41, 5.74) is 8.95. The minimum absolute atomic E-state index is 0.120. The van der Waals surface area contributed by atoms with Crippen molar-refractivity contribution in [3.8, 4) is 11.1 Å². The van der Waals surface area contributed by atoms with E-state index in [1.807, 2.05) is 30.3 Å². The number of benzene rings is 2. The highest BCUT2D eigenvalue weighted by molar-refractivity contribution is 5.90.